The van der Waals surface area contributed by atoms with Crippen LogP contribution in [0.5, 0.6) is 0 Å². The lowest BCUT2D eigenvalue weighted by molar-refractivity contribution is -0.134. The molecule has 2 aromatic rings. The van der Waals surface area contributed by atoms with Crippen molar-refractivity contribution < 1.29 is 29.4 Å². The zero-order chi connectivity index (χ0) is 28.8. The summed E-state index contributed by atoms with van der Waals surface area (Å²) in [5, 5.41) is 15.7. The van der Waals surface area contributed by atoms with Crippen LogP contribution in [0.15, 0.2) is 72.8 Å². The molecule has 0 bridgehead atoms. The van der Waals surface area contributed by atoms with Gasteiger partial charge >= 0.3 is 11.9 Å². The molecule has 0 unspecified atom stereocenters. The highest BCUT2D eigenvalue weighted by Gasteiger charge is 2.48. The van der Waals surface area contributed by atoms with Crippen molar-refractivity contribution in [3.8, 4) is 0 Å². The molecule has 1 saturated heterocycles. The Morgan fingerprint density at radius 3 is 1.79 bits per heavy atom. The van der Waals surface area contributed by atoms with E-state index in [4.69, 9.17) is 15.9 Å². The van der Waals surface area contributed by atoms with Crippen LogP contribution in [0.3, 0.4) is 0 Å². The van der Waals surface area contributed by atoms with Crippen LogP contribution in [0.4, 0.5) is 4.79 Å². The van der Waals surface area contributed by atoms with Gasteiger partial charge in [-0.05, 0) is 44.0 Å². The summed E-state index contributed by atoms with van der Waals surface area (Å²) >= 11 is 1.15. The fraction of sp³-hybridized carbons (Fsp3) is 0.357. The number of primary amides is 1. The van der Waals surface area contributed by atoms with E-state index in [1.165, 1.54) is 0 Å². The molecule has 0 aliphatic carbocycles. The van der Waals surface area contributed by atoms with E-state index < -0.39 is 17.4 Å². The van der Waals surface area contributed by atoms with Gasteiger partial charge < -0.3 is 25.7 Å². The van der Waals surface area contributed by atoms with Gasteiger partial charge in [0.05, 0.1) is 0 Å². The minimum absolute atomic E-state index is 0.0190. The van der Waals surface area contributed by atoms with Crippen molar-refractivity contribution in [1.82, 2.24) is 14.5 Å². The van der Waals surface area contributed by atoms with Gasteiger partial charge in [0.15, 0.2) is 0 Å². The van der Waals surface area contributed by atoms with E-state index in [-0.39, 0.29) is 17.1 Å². The first-order valence-electron chi connectivity index (χ1n) is 12.5. The van der Waals surface area contributed by atoms with Crippen molar-refractivity contribution in [2.45, 2.75) is 18.3 Å². The second-order valence-electron chi connectivity index (χ2n) is 9.24. The molecule has 10 nitrogen and oxygen atoms in total. The fourth-order valence-electron chi connectivity index (χ4n) is 4.61. The third kappa shape index (κ3) is 9.24. The highest BCUT2D eigenvalue weighted by Crippen LogP contribution is 2.44. The summed E-state index contributed by atoms with van der Waals surface area (Å²) in [5.41, 5.74) is 7.05. The number of carbonyl (C=O) groups excluding carboxylic acids is 2. The van der Waals surface area contributed by atoms with Crippen LogP contribution >= 0.6 is 11.9 Å². The number of nitrogens with zero attached hydrogens (tertiary/aromatic N) is 2. The molecule has 210 valence electrons. The average Bonchev–Trinajstić information content (AvgIpc) is 2.92. The molecule has 0 aromatic heterocycles. The summed E-state index contributed by atoms with van der Waals surface area (Å²) in [5.74, 6) is -2.83. The molecule has 39 heavy (non-hydrogen) atoms. The lowest BCUT2D eigenvalue weighted by Gasteiger charge is -2.43. The number of benzene rings is 2. The minimum Gasteiger partial charge on any atom is -0.478 e. The summed E-state index contributed by atoms with van der Waals surface area (Å²) in [6, 6.07) is 19.6. The van der Waals surface area contributed by atoms with E-state index in [0.29, 0.717) is 25.2 Å². The van der Waals surface area contributed by atoms with E-state index in [2.05, 4.69) is 9.62 Å². The van der Waals surface area contributed by atoms with Gasteiger partial charge in [0, 0.05) is 50.3 Å². The Hall–Kier alpha value is -3.67. The van der Waals surface area contributed by atoms with Gasteiger partial charge in [-0.15, -0.1) is 0 Å². The second-order valence-corrected chi connectivity index (χ2v) is 10.1. The molecule has 2 amide bonds. The Kier molecular flexibility index (Phi) is 12.7. The number of aliphatic carboxylic acids is 2. The van der Waals surface area contributed by atoms with Gasteiger partial charge in [0.25, 0.3) is 5.24 Å². The molecule has 0 atom stereocenters. The Morgan fingerprint density at radius 1 is 0.949 bits per heavy atom. The molecule has 3 rings (SSSR count). The van der Waals surface area contributed by atoms with Crippen LogP contribution in [-0.4, -0.2) is 83.4 Å². The van der Waals surface area contributed by atoms with E-state index in [1.54, 1.807) is 0 Å². The normalized spacial score (nSPS) is 14.1. The highest BCUT2D eigenvalue weighted by atomic mass is 32.2. The van der Waals surface area contributed by atoms with Gasteiger partial charge in [-0.25, -0.2) is 9.59 Å². The minimum atomic E-state index is -1.26. The lowest BCUT2D eigenvalue weighted by atomic mass is 9.62. The number of piperidine rings is 1. The largest absolute Gasteiger partial charge is 0.478 e. The zero-order valence-electron chi connectivity index (χ0n) is 22.2. The molecular formula is C28H36N4O6S. The monoisotopic (exact) mass is 556 g/mol. The third-order valence-electron chi connectivity index (χ3n) is 6.40. The lowest BCUT2D eigenvalue weighted by Crippen LogP contribution is -2.52. The van der Waals surface area contributed by atoms with Crippen LogP contribution in [0.25, 0.3) is 0 Å². The number of hydrogen-bond donors (Lipinski definition) is 4. The van der Waals surface area contributed by atoms with Crippen molar-refractivity contribution in [2.24, 2.45) is 11.7 Å². The predicted octanol–water partition coefficient (Wildman–Crippen LogP) is 2.80. The van der Waals surface area contributed by atoms with Crippen LogP contribution < -0.4 is 10.5 Å². The van der Waals surface area contributed by atoms with Gasteiger partial charge in [0.2, 0.25) is 5.91 Å². The maximum atomic E-state index is 13.1. The number of hydrogen-bond acceptors (Lipinski definition) is 7. The quantitative estimate of drug-likeness (QED) is 0.197. The first kappa shape index (κ1) is 31.5. The number of amides is 2. The van der Waals surface area contributed by atoms with Gasteiger partial charge in [-0.1, -0.05) is 60.7 Å². The van der Waals surface area contributed by atoms with Crippen molar-refractivity contribution in [3.63, 3.8) is 0 Å². The van der Waals surface area contributed by atoms with E-state index >= 15 is 0 Å². The van der Waals surface area contributed by atoms with Crippen molar-refractivity contribution in [2.75, 3.05) is 40.3 Å². The van der Waals surface area contributed by atoms with Gasteiger partial charge in [-0.3, -0.25) is 14.3 Å². The average molecular weight is 557 g/mol. The summed E-state index contributed by atoms with van der Waals surface area (Å²) in [7, 11) is 4.01. The molecule has 0 radical (unpaired) electrons. The number of carboxylic acid groups (broad SMARTS) is 2. The van der Waals surface area contributed by atoms with E-state index in [9.17, 15) is 19.2 Å². The summed E-state index contributed by atoms with van der Waals surface area (Å²) in [6.45, 7) is 2.84. The standard InChI is InChI=1S/C24H32N4O2S.C4H4O4/c1-27(2)18-15-26-31-23(30)28-16-13-21(14-17-28)24(22(25)29,19-9-5-3-6-10-19)20-11-7-4-8-12-20;5-3(6)1-2-4(7)8/h3-12,21,26H,13-18H2,1-2H3,(H2,25,29);1-2H,(H,5,6)(H,7,8)/b;2-1+. The van der Waals surface area contributed by atoms with Crippen molar-refractivity contribution in [1.29, 1.82) is 0 Å². The molecular weight excluding hydrogens is 520 g/mol. The number of nitrogens with one attached hydrogen (secondary N) is 1. The van der Waals surface area contributed by atoms with Crippen LogP contribution in [0, 0.1) is 5.92 Å². The summed E-state index contributed by atoms with van der Waals surface area (Å²) < 4.78 is 3.13. The number of likely N-dealkylation sites (N-methyl/N-ethyl adjacent to an activating group) is 1. The first-order valence-corrected chi connectivity index (χ1v) is 13.3. The molecule has 1 aliphatic heterocycles. The SMILES string of the molecule is CN(C)CCNSC(=O)N1CCC(C(C(N)=O)(c2ccccc2)c2ccccc2)CC1.O=C(O)/C=C/C(=O)O. The molecule has 5 N–H and O–H groups in total. The fourth-order valence-corrected chi connectivity index (χ4v) is 5.24. The zero-order valence-corrected chi connectivity index (χ0v) is 23.0. The first-order chi connectivity index (χ1) is 18.6. The maximum absolute atomic E-state index is 13.1. The van der Waals surface area contributed by atoms with Crippen molar-refractivity contribution in [3.05, 3.63) is 83.9 Å². The third-order valence-corrected chi connectivity index (χ3v) is 7.18. The Balaban J connectivity index is 0.000000580. The smallest absolute Gasteiger partial charge is 0.328 e. The van der Waals surface area contributed by atoms with Crippen LogP contribution in [-0.2, 0) is 19.8 Å². The molecule has 2 aromatic carbocycles. The number of carbonyl (C=O) groups is 4. The Labute approximate surface area is 233 Å². The van der Waals surface area contributed by atoms with E-state index in [1.807, 2.05) is 79.7 Å². The summed E-state index contributed by atoms with van der Waals surface area (Å²) in [6.07, 6.45) is 2.55. The summed E-state index contributed by atoms with van der Waals surface area (Å²) in [4.78, 5) is 48.7. The van der Waals surface area contributed by atoms with Crippen LogP contribution in [0.2, 0.25) is 0 Å². The Morgan fingerprint density at radius 2 is 1.41 bits per heavy atom. The number of nitrogens with two attached hydrogens (primary N) is 1. The van der Waals surface area contributed by atoms with Gasteiger partial charge in [0.1, 0.15) is 5.41 Å². The molecule has 1 aliphatic rings. The van der Waals surface area contributed by atoms with Crippen molar-refractivity contribution >= 4 is 35.0 Å². The molecule has 1 fully saturated rings. The van der Waals surface area contributed by atoms with E-state index in [0.717, 1.165) is 49.0 Å². The molecule has 1 heterocycles. The number of likely N-dealkylation sites (tertiary alicyclic amines) is 1. The maximum Gasteiger partial charge on any atom is 0.328 e. The molecule has 11 heteroatoms. The van der Waals surface area contributed by atoms with Gasteiger partial charge in [-0.2, -0.15) is 0 Å². The topological polar surface area (TPSA) is 153 Å². The van der Waals surface area contributed by atoms with Crippen LogP contribution in [0.1, 0.15) is 24.0 Å². The molecule has 0 spiro atoms. The molecule has 0 saturated carbocycles. The predicted molar refractivity (Wildman–Crippen MR) is 151 cm³/mol. The highest BCUT2D eigenvalue weighted by molar-refractivity contribution is 8.11. The number of carboxylic acids is 2. The number of rotatable bonds is 10. The Bertz CT molecular complexity index is 1060. The second kappa shape index (κ2) is 15.7.